The summed E-state index contributed by atoms with van der Waals surface area (Å²) in [5.74, 6) is -1.61. The Labute approximate surface area is 159 Å². The van der Waals surface area contributed by atoms with Gasteiger partial charge in [0.1, 0.15) is 5.82 Å². The zero-order chi connectivity index (χ0) is 20.1. The number of nitrogen functional groups attached to an aromatic ring is 1. The van der Waals surface area contributed by atoms with Crippen molar-refractivity contribution in [3.8, 4) is 0 Å². The van der Waals surface area contributed by atoms with Crippen LogP contribution in [0.2, 0.25) is 0 Å². The minimum Gasteiger partial charge on any atom is -0.383 e. The molecule has 0 unspecified atom stereocenters. The molecule has 9 nitrogen and oxygen atoms in total. The molecule has 3 aromatic rings. The predicted molar refractivity (Wildman–Crippen MR) is 98.0 cm³/mol. The first-order valence-electron chi connectivity index (χ1n) is 8.43. The van der Waals surface area contributed by atoms with E-state index >= 15 is 0 Å². The van der Waals surface area contributed by atoms with Crippen LogP contribution in [-0.4, -0.2) is 58.7 Å². The number of anilines is 2. The minimum atomic E-state index is -3.93. The lowest BCUT2D eigenvalue weighted by Crippen LogP contribution is -2.49. The third kappa shape index (κ3) is 3.03. The zero-order valence-electron chi connectivity index (χ0n) is 14.9. The maximum Gasteiger partial charge on any atom is 0.243 e. The van der Waals surface area contributed by atoms with Crippen LogP contribution in [0.15, 0.2) is 29.3 Å². The van der Waals surface area contributed by atoms with Crippen molar-refractivity contribution in [2.24, 2.45) is 7.05 Å². The molecule has 1 aliphatic rings. The maximum atomic E-state index is 13.4. The minimum absolute atomic E-state index is 0.147. The molecule has 1 fully saturated rings. The molecule has 12 heteroatoms. The molecular formula is C16H17F2N7O2S. The van der Waals surface area contributed by atoms with Gasteiger partial charge in [-0.15, -0.1) is 0 Å². The van der Waals surface area contributed by atoms with Crippen LogP contribution in [0.4, 0.5) is 20.5 Å². The lowest BCUT2D eigenvalue weighted by Gasteiger charge is -2.34. The van der Waals surface area contributed by atoms with Gasteiger partial charge in [-0.25, -0.2) is 17.2 Å². The summed E-state index contributed by atoms with van der Waals surface area (Å²) < 4.78 is 54.7. The molecule has 148 valence electrons. The van der Waals surface area contributed by atoms with Gasteiger partial charge in [0.05, 0.1) is 16.5 Å². The van der Waals surface area contributed by atoms with Gasteiger partial charge in [-0.3, -0.25) is 4.68 Å². The number of aromatic nitrogens is 4. The van der Waals surface area contributed by atoms with Crippen LogP contribution < -0.4 is 10.6 Å². The van der Waals surface area contributed by atoms with E-state index in [4.69, 9.17) is 5.73 Å². The molecule has 0 amide bonds. The van der Waals surface area contributed by atoms with E-state index in [1.165, 1.54) is 4.31 Å². The number of fused-ring (bicyclic) bond motifs is 1. The van der Waals surface area contributed by atoms with Gasteiger partial charge in [-0.1, -0.05) is 0 Å². The standard InChI is InChI=1S/C16H17F2N7O2S/c1-23-15-11(9-20-23)14(19)21-16(22-15)24-4-6-25(7-5-24)28(26,27)10-2-3-12(17)13(18)8-10/h2-3,8-9H,4-7H2,1H3,(H2,19,21,22). The molecule has 2 aromatic heterocycles. The molecule has 2 N–H and O–H groups in total. The summed E-state index contributed by atoms with van der Waals surface area (Å²) in [5.41, 5.74) is 6.56. The van der Waals surface area contributed by atoms with Crippen molar-refractivity contribution in [1.29, 1.82) is 0 Å². The molecule has 1 aromatic carbocycles. The van der Waals surface area contributed by atoms with E-state index in [2.05, 4.69) is 15.1 Å². The number of hydrogen-bond acceptors (Lipinski definition) is 7. The Kier molecular flexibility index (Phi) is 4.38. The zero-order valence-corrected chi connectivity index (χ0v) is 15.7. The average molecular weight is 409 g/mol. The van der Waals surface area contributed by atoms with E-state index in [0.717, 1.165) is 12.1 Å². The highest BCUT2D eigenvalue weighted by molar-refractivity contribution is 7.89. The quantitative estimate of drug-likeness (QED) is 0.679. The van der Waals surface area contributed by atoms with Crippen LogP contribution >= 0.6 is 0 Å². The monoisotopic (exact) mass is 409 g/mol. The first kappa shape index (κ1) is 18.5. The number of benzene rings is 1. The van der Waals surface area contributed by atoms with Crippen molar-refractivity contribution in [3.63, 3.8) is 0 Å². The highest BCUT2D eigenvalue weighted by Gasteiger charge is 2.30. The molecular weight excluding hydrogens is 392 g/mol. The van der Waals surface area contributed by atoms with E-state index in [0.29, 0.717) is 42.0 Å². The summed E-state index contributed by atoms with van der Waals surface area (Å²) in [4.78, 5) is 10.3. The summed E-state index contributed by atoms with van der Waals surface area (Å²) in [7, 11) is -2.19. The Bertz CT molecular complexity index is 1160. The Hall–Kier alpha value is -2.86. The number of piperazine rings is 1. The van der Waals surface area contributed by atoms with E-state index in [9.17, 15) is 17.2 Å². The summed E-state index contributed by atoms with van der Waals surface area (Å²) in [6, 6.07) is 2.55. The van der Waals surface area contributed by atoms with E-state index in [-0.39, 0.29) is 18.0 Å². The maximum absolute atomic E-state index is 13.4. The predicted octanol–water partition coefficient (Wildman–Crippen LogP) is 0.735. The van der Waals surface area contributed by atoms with Crippen molar-refractivity contribution in [3.05, 3.63) is 36.0 Å². The van der Waals surface area contributed by atoms with Gasteiger partial charge in [0.25, 0.3) is 0 Å². The number of rotatable bonds is 3. The third-order valence-electron chi connectivity index (χ3n) is 4.66. The molecule has 0 bridgehead atoms. The fraction of sp³-hybridized carbons (Fsp3) is 0.312. The third-order valence-corrected chi connectivity index (χ3v) is 6.55. The van der Waals surface area contributed by atoms with Gasteiger partial charge in [-0.05, 0) is 18.2 Å². The highest BCUT2D eigenvalue weighted by Crippen LogP contribution is 2.24. The molecule has 0 radical (unpaired) electrons. The molecule has 0 aliphatic carbocycles. The van der Waals surface area contributed by atoms with Gasteiger partial charge in [0.2, 0.25) is 16.0 Å². The highest BCUT2D eigenvalue weighted by atomic mass is 32.2. The van der Waals surface area contributed by atoms with E-state index in [1.54, 1.807) is 17.9 Å². The number of nitrogens with zero attached hydrogens (tertiary/aromatic N) is 6. The van der Waals surface area contributed by atoms with Gasteiger partial charge in [-0.2, -0.15) is 19.4 Å². The molecule has 4 rings (SSSR count). The number of sulfonamides is 1. The first-order valence-corrected chi connectivity index (χ1v) is 9.87. The molecule has 0 atom stereocenters. The summed E-state index contributed by atoms with van der Waals surface area (Å²) in [6.45, 7) is 0.944. The first-order chi connectivity index (χ1) is 13.3. The lowest BCUT2D eigenvalue weighted by molar-refractivity contribution is 0.382. The number of aryl methyl sites for hydroxylation is 1. The number of nitrogens with two attached hydrogens (primary N) is 1. The average Bonchev–Trinajstić information content (AvgIpc) is 3.05. The Balaban J connectivity index is 1.54. The van der Waals surface area contributed by atoms with Crippen molar-refractivity contribution in [2.45, 2.75) is 4.90 Å². The molecule has 28 heavy (non-hydrogen) atoms. The van der Waals surface area contributed by atoms with Gasteiger partial charge in [0, 0.05) is 33.2 Å². The van der Waals surface area contributed by atoms with Crippen molar-refractivity contribution in [1.82, 2.24) is 24.1 Å². The topological polar surface area (TPSA) is 110 Å². The molecule has 1 saturated heterocycles. The smallest absolute Gasteiger partial charge is 0.243 e. The van der Waals surface area contributed by atoms with Crippen LogP contribution in [0.1, 0.15) is 0 Å². The molecule has 0 spiro atoms. The van der Waals surface area contributed by atoms with Crippen LogP contribution in [-0.2, 0) is 17.1 Å². The van der Waals surface area contributed by atoms with E-state index < -0.39 is 21.7 Å². The normalized spacial score (nSPS) is 16.0. The fourth-order valence-corrected chi connectivity index (χ4v) is 4.52. The molecule has 1 aliphatic heterocycles. The second-order valence-corrected chi connectivity index (χ2v) is 8.32. The van der Waals surface area contributed by atoms with Crippen LogP contribution in [0.5, 0.6) is 0 Å². The number of hydrogen-bond donors (Lipinski definition) is 1. The lowest BCUT2D eigenvalue weighted by atomic mass is 10.3. The van der Waals surface area contributed by atoms with Gasteiger partial charge < -0.3 is 10.6 Å². The van der Waals surface area contributed by atoms with Crippen molar-refractivity contribution in [2.75, 3.05) is 36.8 Å². The van der Waals surface area contributed by atoms with Crippen molar-refractivity contribution >= 4 is 32.8 Å². The van der Waals surface area contributed by atoms with Gasteiger partial charge in [0.15, 0.2) is 17.3 Å². The summed E-state index contributed by atoms with van der Waals surface area (Å²) in [6.07, 6.45) is 1.58. The van der Waals surface area contributed by atoms with Gasteiger partial charge >= 0.3 is 0 Å². The summed E-state index contributed by atoms with van der Waals surface area (Å²) in [5, 5.41) is 4.75. The van der Waals surface area contributed by atoms with E-state index in [1.807, 2.05) is 4.90 Å². The van der Waals surface area contributed by atoms with Crippen LogP contribution in [0, 0.1) is 11.6 Å². The second-order valence-electron chi connectivity index (χ2n) is 6.38. The Morgan fingerprint density at radius 3 is 2.46 bits per heavy atom. The van der Waals surface area contributed by atoms with Crippen LogP contribution in [0.3, 0.4) is 0 Å². The molecule has 3 heterocycles. The Morgan fingerprint density at radius 1 is 1.07 bits per heavy atom. The van der Waals surface area contributed by atoms with Crippen LogP contribution in [0.25, 0.3) is 11.0 Å². The Morgan fingerprint density at radius 2 is 1.79 bits per heavy atom. The summed E-state index contributed by atoms with van der Waals surface area (Å²) >= 11 is 0. The SMILES string of the molecule is Cn1ncc2c(N)nc(N3CCN(S(=O)(=O)c4ccc(F)c(F)c4)CC3)nc21. The molecule has 0 saturated carbocycles. The fourth-order valence-electron chi connectivity index (χ4n) is 3.09. The number of halogens is 2. The second kappa shape index (κ2) is 6.63. The largest absolute Gasteiger partial charge is 0.383 e. The van der Waals surface area contributed by atoms with Crippen molar-refractivity contribution < 1.29 is 17.2 Å².